The number of nitrogens with one attached hydrogen (secondary N) is 1. The smallest absolute Gasteiger partial charge is 0.361 e. The zero-order valence-corrected chi connectivity index (χ0v) is 9.65. The van der Waals surface area contributed by atoms with Crippen LogP contribution < -0.4 is 0 Å². The summed E-state index contributed by atoms with van der Waals surface area (Å²) in [5, 5.41) is 0.293. The fraction of sp³-hybridized carbons (Fsp3) is 0.308. The van der Waals surface area contributed by atoms with Crippen molar-refractivity contribution in [3.63, 3.8) is 0 Å². The molecule has 0 aliphatic rings. The minimum absolute atomic E-state index is 0.293. The summed E-state index contributed by atoms with van der Waals surface area (Å²) in [6, 6.07) is 4.22. The maximum atomic E-state index is 12.9. The van der Waals surface area contributed by atoms with E-state index in [2.05, 4.69) is 4.98 Å². The van der Waals surface area contributed by atoms with Crippen LogP contribution in [0.1, 0.15) is 25.0 Å². The zero-order valence-electron chi connectivity index (χ0n) is 9.65. The summed E-state index contributed by atoms with van der Waals surface area (Å²) >= 11 is 0. The van der Waals surface area contributed by atoms with Gasteiger partial charge in [-0.05, 0) is 30.0 Å². The normalized spacial score (nSPS) is 12.6. The Morgan fingerprint density at radius 1 is 1.24 bits per heavy atom. The molecule has 1 heterocycles. The van der Waals surface area contributed by atoms with Gasteiger partial charge in [0.15, 0.2) is 0 Å². The van der Waals surface area contributed by atoms with E-state index in [1.165, 1.54) is 6.07 Å². The van der Waals surface area contributed by atoms with Crippen molar-refractivity contribution in [2.75, 3.05) is 0 Å². The number of halogens is 3. The Labute approximate surface area is 97.6 Å². The van der Waals surface area contributed by atoms with Gasteiger partial charge in [0.05, 0.1) is 5.56 Å². The Morgan fingerprint density at radius 2 is 1.94 bits per heavy atom. The van der Waals surface area contributed by atoms with Crippen LogP contribution in [0.5, 0.6) is 0 Å². The number of H-pyrrole nitrogens is 1. The highest BCUT2D eigenvalue weighted by molar-refractivity contribution is 5.87. The van der Waals surface area contributed by atoms with Gasteiger partial charge in [-0.2, -0.15) is 13.2 Å². The molecule has 0 fully saturated rings. The molecular weight excluding hydrogens is 227 g/mol. The number of aromatic amines is 1. The van der Waals surface area contributed by atoms with Crippen LogP contribution in [-0.2, 0) is 12.6 Å². The predicted octanol–water partition coefficient (Wildman–Crippen LogP) is 4.34. The van der Waals surface area contributed by atoms with E-state index in [0.717, 1.165) is 12.0 Å². The Morgan fingerprint density at radius 3 is 2.53 bits per heavy atom. The molecule has 0 bridgehead atoms. The summed E-state index contributed by atoms with van der Waals surface area (Å²) < 4.78 is 38.7. The molecule has 1 N–H and O–H groups in total. The molecule has 1 radical (unpaired) electrons. The topological polar surface area (TPSA) is 15.8 Å². The van der Waals surface area contributed by atoms with Crippen molar-refractivity contribution in [3.8, 4) is 0 Å². The summed E-state index contributed by atoms with van der Waals surface area (Å²) in [6.07, 6.45) is -2.09. The third-order valence-corrected chi connectivity index (χ3v) is 2.64. The van der Waals surface area contributed by atoms with Gasteiger partial charge in [-0.3, -0.25) is 0 Å². The van der Waals surface area contributed by atoms with Crippen molar-refractivity contribution < 1.29 is 13.2 Å². The lowest BCUT2D eigenvalue weighted by Gasteiger charge is -2.10. The lowest BCUT2D eigenvalue weighted by Crippen LogP contribution is -2.06. The number of alkyl halides is 3. The molecule has 0 saturated carbocycles. The second kappa shape index (κ2) is 4.09. The number of benzene rings is 1. The lowest BCUT2D eigenvalue weighted by molar-refractivity contribution is -0.136. The van der Waals surface area contributed by atoms with Gasteiger partial charge in [-0.25, -0.2) is 0 Å². The molecule has 0 aliphatic carbocycles. The second-order valence-electron chi connectivity index (χ2n) is 4.42. The standard InChI is InChI=1S/C13H13F3N/c1-8(2)6-9-7-17-11-5-3-4-10(12(9)11)13(14,15)16/h3-5,7,17H,6H2,1-2H3. The number of fused-ring (bicyclic) bond motifs is 1. The van der Waals surface area contributed by atoms with Crippen LogP contribution in [0.4, 0.5) is 13.2 Å². The van der Waals surface area contributed by atoms with Gasteiger partial charge in [0.25, 0.3) is 0 Å². The molecule has 4 heteroatoms. The molecule has 0 unspecified atom stereocenters. The first-order chi connectivity index (χ1) is 7.89. The van der Waals surface area contributed by atoms with E-state index in [-0.39, 0.29) is 0 Å². The molecule has 0 saturated heterocycles. The summed E-state index contributed by atoms with van der Waals surface area (Å²) in [5.41, 5.74) is 0.677. The van der Waals surface area contributed by atoms with E-state index >= 15 is 0 Å². The molecule has 0 spiro atoms. The monoisotopic (exact) mass is 240 g/mol. The number of hydrogen-bond acceptors (Lipinski definition) is 0. The van der Waals surface area contributed by atoms with Crippen LogP contribution in [0, 0.1) is 5.92 Å². The van der Waals surface area contributed by atoms with Crippen molar-refractivity contribution in [3.05, 3.63) is 41.4 Å². The van der Waals surface area contributed by atoms with Gasteiger partial charge in [0.2, 0.25) is 0 Å². The molecule has 0 aliphatic heterocycles. The van der Waals surface area contributed by atoms with Crippen LogP contribution >= 0.6 is 0 Å². The minimum atomic E-state index is -4.31. The fourth-order valence-corrected chi connectivity index (χ4v) is 2.01. The molecule has 91 valence electrons. The molecule has 1 nitrogen and oxygen atoms in total. The van der Waals surface area contributed by atoms with E-state index in [9.17, 15) is 13.2 Å². The minimum Gasteiger partial charge on any atom is -0.361 e. The quantitative estimate of drug-likeness (QED) is 0.803. The van der Waals surface area contributed by atoms with Gasteiger partial charge < -0.3 is 4.98 Å². The maximum absolute atomic E-state index is 12.9. The van der Waals surface area contributed by atoms with Crippen molar-refractivity contribution in [2.24, 2.45) is 0 Å². The highest BCUT2D eigenvalue weighted by atomic mass is 19.4. The summed E-state index contributed by atoms with van der Waals surface area (Å²) in [4.78, 5) is 2.89. The van der Waals surface area contributed by atoms with E-state index in [0.29, 0.717) is 22.9 Å². The molecule has 0 amide bonds. The van der Waals surface area contributed by atoms with E-state index < -0.39 is 11.7 Å². The van der Waals surface area contributed by atoms with Crippen molar-refractivity contribution in [1.82, 2.24) is 4.98 Å². The average molecular weight is 240 g/mol. The Hall–Kier alpha value is -1.45. The number of aromatic nitrogens is 1. The third kappa shape index (κ3) is 2.30. The third-order valence-electron chi connectivity index (χ3n) is 2.64. The van der Waals surface area contributed by atoms with Crippen LogP contribution in [0.3, 0.4) is 0 Å². The molecule has 1 aromatic heterocycles. The van der Waals surface area contributed by atoms with Crippen LogP contribution in [0.2, 0.25) is 0 Å². The SMILES string of the molecule is C[C](C)Cc1c[nH]c2cccc(C(F)(F)F)c12. The second-order valence-corrected chi connectivity index (χ2v) is 4.42. The van der Waals surface area contributed by atoms with Gasteiger partial charge in [0.1, 0.15) is 0 Å². The molecule has 2 aromatic rings. The first kappa shape index (κ1) is 12.0. The largest absolute Gasteiger partial charge is 0.417 e. The van der Waals surface area contributed by atoms with Gasteiger partial charge in [-0.1, -0.05) is 19.9 Å². The zero-order chi connectivity index (χ0) is 12.6. The fourth-order valence-electron chi connectivity index (χ4n) is 2.01. The summed E-state index contributed by atoms with van der Waals surface area (Å²) in [5.74, 6) is 1.09. The van der Waals surface area contributed by atoms with Gasteiger partial charge in [0, 0.05) is 17.1 Å². The van der Waals surface area contributed by atoms with Gasteiger partial charge >= 0.3 is 6.18 Å². The Bertz CT molecular complexity index is 523. The molecule has 0 atom stereocenters. The first-order valence-electron chi connectivity index (χ1n) is 5.35. The average Bonchev–Trinajstić information content (AvgIpc) is 2.59. The maximum Gasteiger partial charge on any atom is 0.417 e. The summed E-state index contributed by atoms with van der Waals surface area (Å²) in [7, 11) is 0. The van der Waals surface area contributed by atoms with Crippen molar-refractivity contribution >= 4 is 10.9 Å². The highest BCUT2D eigenvalue weighted by Gasteiger charge is 2.33. The highest BCUT2D eigenvalue weighted by Crippen LogP contribution is 2.36. The number of rotatable bonds is 2. The Balaban J connectivity index is 2.64. The first-order valence-corrected chi connectivity index (χ1v) is 5.35. The number of hydrogen-bond donors (Lipinski definition) is 1. The Kier molecular flexibility index (Phi) is 2.89. The molecule has 17 heavy (non-hydrogen) atoms. The van der Waals surface area contributed by atoms with Crippen LogP contribution in [-0.4, -0.2) is 4.98 Å². The molecule has 1 aromatic carbocycles. The summed E-state index contributed by atoms with van der Waals surface area (Å²) in [6.45, 7) is 3.82. The lowest BCUT2D eigenvalue weighted by atomic mass is 9.99. The van der Waals surface area contributed by atoms with Gasteiger partial charge in [-0.15, -0.1) is 0 Å². The van der Waals surface area contributed by atoms with Crippen molar-refractivity contribution in [1.29, 1.82) is 0 Å². The van der Waals surface area contributed by atoms with Crippen molar-refractivity contribution in [2.45, 2.75) is 26.4 Å². The molecule has 2 rings (SSSR count). The van der Waals surface area contributed by atoms with E-state index in [4.69, 9.17) is 0 Å². The molecular formula is C13H13F3N. The van der Waals surface area contributed by atoms with Crippen LogP contribution in [0.25, 0.3) is 10.9 Å². The predicted molar refractivity (Wildman–Crippen MR) is 61.6 cm³/mol. The van der Waals surface area contributed by atoms with E-state index in [1.807, 2.05) is 13.8 Å². The van der Waals surface area contributed by atoms with Crippen LogP contribution in [0.15, 0.2) is 24.4 Å². The van der Waals surface area contributed by atoms with E-state index in [1.54, 1.807) is 12.3 Å².